The number of hydrogen-bond donors (Lipinski definition) is 0. The van der Waals surface area contributed by atoms with Crippen LogP contribution in [0.1, 0.15) is 26.2 Å². The maximum atomic E-state index is 10.5. The van der Waals surface area contributed by atoms with Crippen molar-refractivity contribution in [2.45, 2.75) is 26.2 Å². The number of cyclic esters (lactones) is 1. The van der Waals surface area contributed by atoms with E-state index in [1.165, 1.54) is 0 Å². The number of esters is 1. The summed E-state index contributed by atoms with van der Waals surface area (Å²) in [6, 6.07) is 0. The van der Waals surface area contributed by atoms with Gasteiger partial charge in [0.05, 0.1) is 13.0 Å². The lowest BCUT2D eigenvalue weighted by molar-refractivity contribution is -0.137. The van der Waals surface area contributed by atoms with Gasteiger partial charge in [0, 0.05) is 5.92 Å². The first kappa shape index (κ1) is 6.59. The molecule has 0 aromatic carbocycles. The summed E-state index contributed by atoms with van der Waals surface area (Å²) in [6.07, 6.45) is 2.93. The number of carbonyl (C=O) groups excluding carboxylic acids is 1. The molecule has 2 heteroatoms. The molecule has 0 spiro atoms. The zero-order valence-corrected chi connectivity index (χ0v) is 5.72. The molecule has 2 nitrogen and oxygen atoms in total. The quantitative estimate of drug-likeness (QED) is 0.525. The Bertz CT molecular complexity index is 109. The summed E-state index contributed by atoms with van der Waals surface area (Å²) in [5.74, 6) is 0.496. The van der Waals surface area contributed by atoms with Crippen LogP contribution in [0.4, 0.5) is 0 Å². The molecule has 0 radical (unpaired) electrons. The number of rotatable bonds is 2. The highest BCUT2D eigenvalue weighted by Crippen LogP contribution is 2.18. The monoisotopic (exact) mass is 128 g/mol. The predicted molar refractivity (Wildman–Crippen MR) is 34.0 cm³/mol. The highest BCUT2D eigenvalue weighted by molar-refractivity contribution is 5.71. The minimum atomic E-state index is -0.0200. The van der Waals surface area contributed by atoms with Gasteiger partial charge in [0.15, 0.2) is 0 Å². The number of carbonyl (C=O) groups is 1. The van der Waals surface area contributed by atoms with E-state index < -0.39 is 0 Å². The summed E-state index contributed by atoms with van der Waals surface area (Å²) < 4.78 is 4.78. The average molecular weight is 128 g/mol. The van der Waals surface area contributed by atoms with Gasteiger partial charge in [-0.15, -0.1) is 0 Å². The third-order valence-corrected chi connectivity index (χ3v) is 1.63. The predicted octanol–water partition coefficient (Wildman–Crippen LogP) is 1.35. The Balaban J connectivity index is 2.22. The van der Waals surface area contributed by atoms with Crippen LogP contribution in [0, 0.1) is 5.92 Å². The van der Waals surface area contributed by atoms with Gasteiger partial charge in [-0.3, -0.25) is 4.79 Å². The Kier molecular flexibility index (Phi) is 2.09. The maximum absolute atomic E-state index is 10.5. The van der Waals surface area contributed by atoms with Gasteiger partial charge in [0.2, 0.25) is 0 Å². The van der Waals surface area contributed by atoms with Crippen LogP contribution in [0.2, 0.25) is 0 Å². The van der Waals surface area contributed by atoms with Crippen LogP contribution < -0.4 is 0 Å². The van der Waals surface area contributed by atoms with E-state index in [0.717, 1.165) is 12.8 Å². The van der Waals surface area contributed by atoms with Crippen molar-refractivity contribution in [3.05, 3.63) is 0 Å². The molecule has 1 unspecified atom stereocenters. The lowest BCUT2D eigenvalue weighted by Crippen LogP contribution is -1.96. The van der Waals surface area contributed by atoms with E-state index in [-0.39, 0.29) is 5.97 Å². The first-order valence-corrected chi connectivity index (χ1v) is 3.48. The van der Waals surface area contributed by atoms with Crippen molar-refractivity contribution >= 4 is 5.97 Å². The fourth-order valence-electron chi connectivity index (χ4n) is 1.16. The molecule has 1 saturated heterocycles. The van der Waals surface area contributed by atoms with E-state index in [1.54, 1.807) is 0 Å². The molecule has 1 fully saturated rings. The van der Waals surface area contributed by atoms with Crippen LogP contribution in [0.3, 0.4) is 0 Å². The highest BCUT2D eigenvalue weighted by Gasteiger charge is 2.21. The van der Waals surface area contributed by atoms with Crippen LogP contribution >= 0.6 is 0 Å². The Morgan fingerprint density at radius 1 is 1.78 bits per heavy atom. The zero-order chi connectivity index (χ0) is 6.69. The van der Waals surface area contributed by atoms with Crippen LogP contribution in [0.15, 0.2) is 0 Å². The average Bonchev–Trinajstić information content (AvgIpc) is 2.17. The van der Waals surface area contributed by atoms with Crippen LogP contribution in [0.25, 0.3) is 0 Å². The smallest absolute Gasteiger partial charge is 0.306 e. The maximum Gasteiger partial charge on any atom is 0.306 e. The summed E-state index contributed by atoms with van der Waals surface area (Å²) in [7, 11) is 0. The molecular formula is C7H12O2. The number of hydrogen-bond acceptors (Lipinski definition) is 2. The molecule has 1 aliphatic rings. The molecule has 52 valence electrons. The second kappa shape index (κ2) is 2.85. The molecule has 0 aromatic heterocycles. The molecule has 1 heterocycles. The van der Waals surface area contributed by atoms with Gasteiger partial charge in [-0.25, -0.2) is 0 Å². The lowest BCUT2D eigenvalue weighted by Gasteiger charge is -1.99. The Morgan fingerprint density at radius 3 is 3.00 bits per heavy atom. The highest BCUT2D eigenvalue weighted by atomic mass is 16.5. The van der Waals surface area contributed by atoms with Crippen LogP contribution in [-0.4, -0.2) is 12.6 Å². The van der Waals surface area contributed by atoms with E-state index >= 15 is 0 Å². The van der Waals surface area contributed by atoms with E-state index in [0.29, 0.717) is 18.9 Å². The molecule has 0 aromatic rings. The largest absolute Gasteiger partial charge is 0.465 e. The van der Waals surface area contributed by atoms with Crippen molar-refractivity contribution in [2.24, 2.45) is 5.92 Å². The minimum Gasteiger partial charge on any atom is -0.465 e. The van der Waals surface area contributed by atoms with Gasteiger partial charge < -0.3 is 4.74 Å². The van der Waals surface area contributed by atoms with Gasteiger partial charge in [-0.1, -0.05) is 13.3 Å². The molecule has 9 heavy (non-hydrogen) atoms. The van der Waals surface area contributed by atoms with Crippen molar-refractivity contribution in [1.82, 2.24) is 0 Å². The van der Waals surface area contributed by atoms with Gasteiger partial charge in [-0.2, -0.15) is 0 Å². The third-order valence-electron chi connectivity index (χ3n) is 1.63. The topological polar surface area (TPSA) is 26.3 Å². The molecule has 1 rings (SSSR count). The standard InChI is InChI=1S/C7H12O2/c1-2-3-6-4-7(8)9-5-6/h6H,2-5H2,1H3. The van der Waals surface area contributed by atoms with Crippen LogP contribution in [-0.2, 0) is 9.53 Å². The van der Waals surface area contributed by atoms with Crippen LogP contribution in [0.5, 0.6) is 0 Å². The summed E-state index contributed by atoms with van der Waals surface area (Å²) in [6.45, 7) is 2.79. The molecular weight excluding hydrogens is 116 g/mol. The Morgan fingerprint density at radius 2 is 2.56 bits per heavy atom. The SMILES string of the molecule is CCCC1COC(=O)C1. The van der Waals surface area contributed by atoms with Crippen molar-refractivity contribution in [2.75, 3.05) is 6.61 Å². The summed E-state index contributed by atoms with van der Waals surface area (Å²) in [5.41, 5.74) is 0. The second-order valence-corrected chi connectivity index (χ2v) is 2.54. The molecule has 0 aliphatic carbocycles. The van der Waals surface area contributed by atoms with Gasteiger partial charge in [0.1, 0.15) is 0 Å². The molecule has 1 atom stereocenters. The molecule has 0 bridgehead atoms. The van der Waals surface area contributed by atoms with Crippen molar-refractivity contribution in [3.8, 4) is 0 Å². The molecule has 0 amide bonds. The summed E-state index contributed by atoms with van der Waals surface area (Å²) >= 11 is 0. The fourth-order valence-corrected chi connectivity index (χ4v) is 1.16. The number of ether oxygens (including phenoxy) is 1. The fraction of sp³-hybridized carbons (Fsp3) is 0.857. The Labute approximate surface area is 55.2 Å². The summed E-state index contributed by atoms with van der Waals surface area (Å²) in [5, 5.41) is 0. The third kappa shape index (κ3) is 1.70. The first-order valence-electron chi connectivity index (χ1n) is 3.48. The van der Waals surface area contributed by atoms with Crippen molar-refractivity contribution in [1.29, 1.82) is 0 Å². The van der Waals surface area contributed by atoms with E-state index in [9.17, 15) is 4.79 Å². The minimum absolute atomic E-state index is 0.0200. The Hall–Kier alpha value is -0.530. The van der Waals surface area contributed by atoms with Gasteiger partial charge in [-0.05, 0) is 6.42 Å². The zero-order valence-electron chi connectivity index (χ0n) is 5.72. The van der Waals surface area contributed by atoms with E-state index in [1.807, 2.05) is 0 Å². The normalized spacial score (nSPS) is 26.3. The van der Waals surface area contributed by atoms with Crippen molar-refractivity contribution < 1.29 is 9.53 Å². The first-order chi connectivity index (χ1) is 4.33. The molecule has 0 saturated carbocycles. The second-order valence-electron chi connectivity index (χ2n) is 2.54. The van der Waals surface area contributed by atoms with Gasteiger partial charge >= 0.3 is 5.97 Å². The van der Waals surface area contributed by atoms with E-state index in [2.05, 4.69) is 6.92 Å². The van der Waals surface area contributed by atoms with Gasteiger partial charge in [0.25, 0.3) is 0 Å². The lowest BCUT2D eigenvalue weighted by atomic mass is 10.0. The summed E-state index contributed by atoms with van der Waals surface area (Å²) in [4.78, 5) is 10.5. The molecule has 0 N–H and O–H groups in total. The van der Waals surface area contributed by atoms with E-state index in [4.69, 9.17) is 4.74 Å². The van der Waals surface area contributed by atoms with Crippen molar-refractivity contribution in [3.63, 3.8) is 0 Å². The molecule has 1 aliphatic heterocycles.